The molecule has 1 rings (SSSR count). The van der Waals surface area contributed by atoms with Gasteiger partial charge in [0.2, 0.25) is 0 Å². The molecular weight excluding hydrogens is 142 g/mol. The summed E-state index contributed by atoms with van der Waals surface area (Å²) in [7, 11) is 0. The molecule has 0 aliphatic heterocycles. The Morgan fingerprint density at radius 1 is 1.09 bits per heavy atom. The predicted octanol–water partition coefficient (Wildman–Crippen LogP) is 1.48. The van der Waals surface area contributed by atoms with Crippen molar-refractivity contribution >= 4 is 5.69 Å². The fraction of sp³-hybridized carbons (Fsp3) is 0. The van der Waals surface area contributed by atoms with E-state index in [2.05, 4.69) is 13.2 Å². The quantitative estimate of drug-likeness (QED) is 0.229. The molecule has 0 saturated heterocycles. The zero-order valence-electron chi connectivity index (χ0n) is 6.12. The number of hydrogen-bond donors (Lipinski definition) is 3. The molecule has 0 fully saturated rings. The van der Waals surface area contributed by atoms with Gasteiger partial charge in [0.05, 0.1) is 0 Å². The third-order valence-electron chi connectivity index (χ3n) is 0.999. The van der Waals surface area contributed by atoms with E-state index < -0.39 is 0 Å². The number of nitrogens with two attached hydrogens (primary N) is 1. The highest BCUT2D eigenvalue weighted by molar-refractivity contribution is 5.50. The minimum absolute atomic E-state index is 0.149. The first-order valence-electron chi connectivity index (χ1n) is 2.97. The van der Waals surface area contributed by atoms with Gasteiger partial charge in [0.15, 0.2) is 11.5 Å². The Morgan fingerprint density at radius 2 is 1.64 bits per heavy atom. The summed E-state index contributed by atoms with van der Waals surface area (Å²) in [5, 5.41) is 17.5. The SMILES string of the molecule is C=C.Nc1ccc(O)c(O)c1. The number of nitrogen functional groups attached to an aromatic ring is 1. The molecule has 11 heavy (non-hydrogen) atoms. The predicted molar refractivity (Wildman–Crippen MR) is 45.4 cm³/mol. The number of hydrogen-bond acceptors (Lipinski definition) is 3. The molecule has 0 heterocycles. The number of rotatable bonds is 0. The Labute approximate surface area is 65.4 Å². The van der Waals surface area contributed by atoms with Crippen LogP contribution in [0.2, 0.25) is 0 Å². The molecule has 0 unspecified atom stereocenters. The van der Waals surface area contributed by atoms with Crippen LogP contribution in [-0.2, 0) is 0 Å². The van der Waals surface area contributed by atoms with Crippen LogP contribution in [0.5, 0.6) is 11.5 Å². The molecular formula is C8H11NO2. The highest BCUT2D eigenvalue weighted by Crippen LogP contribution is 2.25. The van der Waals surface area contributed by atoms with E-state index in [0.717, 1.165) is 0 Å². The van der Waals surface area contributed by atoms with E-state index in [-0.39, 0.29) is 11.5 Å². The molecule has 0 aliphatic carbocycles. The maximum atomic E-state index is 8.77. The standard InChI is InChI=1S/C6H7NO2.C2H4/c7-4-1-2-5(8)6(9)3-4;1-2/h1-3,8-9H,7H2;1-2H2. The number of benzene rings is 1. The highest BCUT2D eigenvalue weighted by atomic mass is 16.3. The average molecular weight is 153 g/mol. The van der Waals surface area contributed by atoms with Gasteiger partial charge in [-0.2, -0.15) is 0 Å². The highest BCUT2D eigenvalue weighted by Gasteiger charge is 1.95. The van der Waals surface area contributed by atoms with Crippen molar-refractivity contribution in [1.82, 2.24) is 0 Å². The topological polar surface area (TPSA) is 66.5 Å². The van der Waals surface area contributed by atoms with Crippen LogP contribution in [0.1, 0.15) is 0 Å². The van der Waals surface area contributed by atoms with Gasteiger partial charge in [0, 0.05) is 11.8 Å². The van der Waals surface area contributed by atoms with Crippen LogP contribution >= 0.6 is 0 Å². The minimum Gasteiger partial charge on any atom is -0.504 e. The van der Waals surface area contributed by atoms with Crippen molar-refractivity contribution in [3.05, 3.63) is 31.4 Å². The lowest BCUT2D eigenvalue weighted by molar-refractivity contribution is 0.404. The molecule has 0 bridgehead atoms. The summed E-state index contributed by atoms with van der Waals surface area (Å²) < 4.78 is 0. The molecule has 0 amide bonds. The molecule has 0 spiro atoms. The lowest BCUT2D eigenvalue weighted by Gasteiger charge is -1.95. The van der Waals surface area contributed by atoms with Crippen LogP contribution in [0.25, 0.3) is 0 Å². The summed E-state index contributed by atoms with van der Waals surface area (Å²) in [6.07, 6.45) is 0. The van der Waals surface area contributed by atoms with E-state index in [1.54, 1.807) is 0 Å². The summed E-state index contributed by atoms with van der Waals surface area (Å²) in [5.74, 6) is -0.334. The maximum absolute atomic E-state index is 8.77. The molecule has 3 heteroatoms. The molecule has 60 valence electrons. The second-order valence-corrected chi connectivity index (χ2v) is 1.75. The van der Waals surface area contributed by atoms with Gasteiger partial charge in [-0.1, -0.05) is 0 Å². The zero-order chi connectivity index (χ0) is 8.85. The second kappa shape index (κ2) is 4.22. The first kappa shape index (κ1) is 9.36. The van der Waals surface area contributed by atoms with Gasteiger partial charge in [-0.25, -0.2) is 0 Å². The molecule has 4 N–H and O–H groups in total. The number of anilines is 1. The normalized spacial score (nSPS) is 8.00. The molecule has 3 nitrogen and oxygen atoms in total. The Kier molecular flexibility index (Phi) is 3.59. The van der Waals surface area contributed by atoms with Crippen molar-refractivity contribution in [3.63, 3.8) is 0 Å². The van der Waals surface area contributed by atoms with Crippen LogP contribution < -0.4 is 5.73 Å². The van der Waals surface area contributed by atoms with E-state index in [9.17, 15) is 0 Å². The van der Waals surface area contributed by atoms with E-state index >= 15 is 0 Å². The number of phenols is 2. The fourth-order valence-corrected chi connectivity index (χ4v) is 0.540. The van der Waals surface area contributed by atoms with Gasteiger partial charge < -0.3 is 15.9 Å². The average Bonchev–Trinajstić information content (AvgIpc) is 2.02. The van der Waals surface area contributed by atoms with Gasteiger partial charge in [-0.15, -0.1) is 13.2 Å². The summed E-state index contributed by atoms with van der Waals surface area (Å²) in [6, 6.07) is 4.13. The Morgan fingerprint density at radius 3 is 2.00 bits per heavy atom. The first-order valence-corrected chi connectivity index (χ1v) is 2.97. The molecule has 0 atom stereocenters. The number of phenolic OH excluding ortho intramolecular Hbond substituents is 2. The summed E-state index contributed by atoms with van der Waals surface area (Å²) in [6.45, 7) is 6.00. The fourth-order valence-electron chi connectivity index (χ4n) is 0.540. The van der Waals surface area contributed by atoms with Gasteiger partial charge in [-0.05, 0) is 12.1 Å². The van der Waals surface area contributed by atoms with Crippen molar-refractivity contribution in [2.45, 2.75) is 0 Å². The van der Waals surface area contributed by atoms with Crippen LogP contribution in [0.15, 0.2) is 31.4 Å². The Balaban J connectivity index is 0.000000461. The van der Waals surface area contributed by atoms with Crippen molar-refractivity contribution in [3.8, 4) is 11.5 Å². The van der Waals surface area contributed by atoms with Gasteiger partial charge >= 0.3 is 0 Å². The smallest absolute Gasteiger partial charge is 0.159 e. The van der Waals surface area contributed by atoms with E-state index in [0.29, 0.717) is 5.69 Å². The van der Waals surface area contributed by atoms with Gasteiger partial charge in [0.25, 0.3) is 0 Å². The molecule has 1 aromatic carbocycles. The maximum Gasteiger partial charge on any atom is 0.159 e. The summed E-state index contributed by atoms with van der Waals surface area (Å²) in [4.78, 5) is 0. The second-order valence-electron chi connectivity index (χ2n) is 1.75. The minimum atomic E-state index is -0.185. The van der Waals surface area contributed by atoms with Crippen LogP contribution in [0.3, 0.4) is 0 Å². The van der Waals surface area contributed by atoms with Crippen LogP contribution in [-0.4, -0.2) is 10.2 Å². The van der Waals surface area contributed by atoms with Gasteiger partial charge in [-0.3, -0.25) is 0 Å². The molecule has 1 aromatic rings. The molecule has 0 radical (unpaired) electrons. The van der Waals surface area contributed by atoms with Crippen molar-refractivity contribution in [2.75, 3.05) is 5.73 Å². The van der Waals surface area contributed by atoms with Crippen molar-refractivity contribution in [2.24, 2.45) is 0 Å². The zero-order valence-corrected chi connectivity index (χ0v) is 6.12. The first-order chi connectivity index (χ1) is 5.20. The number of aromatic hydroxyl groups is 2. The van der Waals surface area contributed by atoms with E-state index in [4.69, 9.17) is 15.9 Å². The third kappa shape index (κ3) is 2.62. The Bertz CT molecular complexity index is 236. The summed E-state index contributed by atoms with van der Waals surface area (Å²) >= 11 is 0. The lowest BCUT2D eigenvalue weighted by Crippen LogP contribution is -1.81. The van der Waals surface area contributed by atoms with Gasteiger partial charge in [0.1, 0.15) is 0 Å². The van der Waals surface area contributed by atoms with Crippen LogP contribution in [0.4, 0.5) is 5.69 Å². The third-order valence-corrected chi connectivity index (χ3v) is 0.999. The van der Waals surface area contributed by atoms with Crippen molar-refractivity contribution < 1.29 is 10.2 Å². The molecule has 0 aliphatic rings. The Hall–Kier alpha value is -1.64. The monoisotopic (exact) mass is 153 g/mol. The summed E-state index contributed by atoms with van der Waals surface area (Å²) in [5.41, 5.74) is 5.69. The largest absolute Gasteiger partial charge is 0.504 e. The lowest BCUT2D eigenvalue weighted by atomic mass is 10.3. The molecule has 0 aromatic heterocycles. The van der Waals surface area contributed by atoms with Crippen molar-refractivity contribution in [1.29, 1.82) is 0 Å². The van der Waals surface area contributed by atoms with Crippen LogP contribution in [0, 0.1) is 0 Å². The van der Waals surface area contributed by atoms with E-state index in [1.807, 2.05) is 0 Å². The van der Waals surface area contributed by atoms with E-state index in [1.165, 1.54) is 18.2 Å². The molecule has 0 saturated carbocycles.